The van der Waals surface area contributed by atoms with Crippen molar-refractivity contribution in [2.75, 3.05) is 13.2 Å². The number of carbonyl (C=O) groups excluding carboxylic acids is 1. The molecule has 0 unspecified atom stereocenters. The topological polar surface area (TPSA) is 80.2 Å². The van der Waals surface area contributed by atoms with Gasteiger partial charge in [-0.05, 0) is 47.0 Å². The van der Waals surface area contributed by atoms with Crippen molar-refractivity contribution in [2.45, 2.75) is 31.0 Å². The molecule has 4 aromatic carbocycles. The fourth-order valence-electron chi connectivity index (χ4n) is 5.01. The van der Waals surface area contributed by atoms with Crippen LogP contribution < -0.4 is 10.1 Å². The lowest BCUT2D eigenvalue weighted by molar-refractivity contribution is -0.129. The van der Waals surface area contributed by atoms with Gasteiger partial charge < -0.3 is 19.9 Å². The van der Waals surface area contributed by atoms with Crippen LogP contribution in [0.15, 0.2) is 115 Å². The summed E-state index contributed by atoms with van der Waals surface area (Å²) in [5.41, 5.74) is 2.13. The summed E-state index contributed by atoms with van der Waals surface area (Å²) in [6, 6.07) is 28.0. The minimum atomic E-state index is -1.45. The largest absolute Gasteiger partial charge is 0.494 e. The normalized spacial score (nSPS) is 17.6. The first-order valence-corrected chi connectivity index (χ1v) is 14.0. The Hall–Kier alpha value is -4.82. The molecule has 1 aliphatic heterocycles. The Morgan fingerprint density at radius 1 is 0.977 bits per heavy atom. The third-order valence-corrected chi connectivity index (χ3v) is 7.26. The van der Waals surface area contributed by atoms with Crippen molar-refractivity contribution in [3.63, 3.8) is 0 Å². The molecule has 2 N–H and O–H groups in total. The van der Waals surface area contributed by atoms with Crippen molar-refractivity contribution in [3.05, 3.63) is 138 Å². The number of nitrogens with one attached hydrogen (secondary N) is 1. The Kier molecular flexibility index (Phi) is 9.27. The van der Waals surface area contributed by atoms with E-state index >= 15 is 0 Å². The number of rotatable bonds is 12. The monoisotopic (exact) mass is 582 g/mol. The van der Waals surface area contributed by atoms with Crippen molar-refractivity contribution < 1.29 is 28.2 Å². The van der Waals surface area contributed by atoms with E-state index < -0.39 is 29.2 Å². The Bertz CT molecular complexity index is 1590. The van der Waals surface area contributed by atoms with Crippen LogP contribution in [0.5, 0.6) is 5.75 Å². The summed E-state index contributed by atoms with van der Waals surface area (Å²) in [7, 11) is 0. The lowest BCUT2D eigenvalue weighted by Crippen LogP contribution is -2.47. The van der Waals surface area contributed by atoms with Gasteiger partial charge >= 0.3 is 0 Å². The van der Waals surface area contributed by atoms with Crippen LogP contribution in [0.4, 0.5) is 8.78 Å². The quantitative estimate of drug-likeness (QED) is 0.147. The summed E-state index contributed by atoms with van der Waals surface area (Å²) >= 11 is 0. The average Bonchev–Trinajstić information content (AvgIpc) is 3.42. The number of amides is 1. The van der Waals surface area contributed by atoms with Crippen LogP contribution in [0.1, 0.15) is 35.6 Å². The Morgan fingerprint density at radius 3 is 2.35 bits per heavy atom. The molecule has 1 heterocycles. The number of aliphatic imine (C=N–C) groups is 1. The van der Waals surface area contributed by atoms with Gasteiger partial charge in [-0.3, -0.25) is 4.79 Å². The Morgan fingerprint density at radius 2 is 1.67 bits per heavy atom. The minimum Gasteiger partial charge on any atom is -0.494 e. The van der Waals surface area contributed by atoms with E-state index in [0.717, 1.165) is 28.8 Å². The Balaban J connectivity index is 1.48. The third-order valence-electron chi connectivity index (χ3n) is 7.26. The van der Waals surface area contributed by atoms with E-state index in [4.69, 9.17) is 19.6 Å². The summed E-state index contributed by atoms with van der Waals surface area (Å²) in [5.74, 6) is -1.03. The van der Waals surface area contributed by atoms with Crippen molar-refractivity contribution >= 4 is 11.8 Å². The summed E-state index contributed by atoms with van der Waals surface area (Å²) in [6.07, 6.45) is 1.45. The maximum absolute atomic E-state index is 14.4. The first-order chi connectivity index (χ1) is 20.9. The van der Waals surface area contributed by atoms with E-state index in [0.29, 0.717) is 24.3 Å². The van der Waals surface area contributed by atoms with Gasteiger partial charge in [0.1, 0.15) is 17.4 Å². The van der Waals surface area contributed by atoms with E-state index in [-0.39, 0.29) is 31.0 Å². The number of halogens is 2. The lowest BCUT2D eigenvalue weighted by Gasteiger charge is -2.30. The molecule has 0 aliphatic carbocycles. The van der Waals surface area contributed by atoms with Gasteiger partial charge in [0, 0.05) is 43.2 Å². The average molecular weight is 583 g/mol. The van der Waals surface area contributed by atoms with Crippen molar-refractivity contribution in [3.8, 4) is 16.9 Å². The van der Waals surface area contributed by atoms with E-state index in [1.165, 1.54) is 6.07 Å². The molecule has 0 fully saturated rings. The van der Waals surface area contributed by atoms with Crippen molar-refractivity contribution in [2.24, 2.45) is 4.99 Å². The molecule has 1 amide bonds. The van der Waals surface area contributed by atoms with Gasteiger partial charge in [-0.2, -0.15) is 0 Å². The first kappa shape index (κ1) is 29.7. The zero-order valence-corrected chi connectivity index (χ0v) is 23.5. The van der Waals surface area contributed by atoms with Crippen LogP contribution in [0.3, 0.4) is 0 Å². The number of aliphatic hydroxyl groups excluding tert-OH is 1. The zero-order chi connectivity index (χ0) is 30.2. The van der Waals surface area contributed by atoms with Gasteiger partial charge in [-0.25, -0.2) is 13.8 Å². The van der Waals surface area contributed by atoms with Crippen LogP contribution in [-0.2, 0) is 16.1 Å². The number of hydrogen-bond acceptors (Lipinski definition) is 5. The molecule has 0 spiro atoms. The van der Waals surface area contributed by atoms with Gasteiger partial charge in [-0.1, -0.05) is 66.7 Å². The van der Waals surface area contributed by atoms with Crippen LogP contribution in [0.25, 0.3) is 11.1 Å². The molecule has 5 rings (SSSR count). The molecular formula is C35H32F2N2O4. The SMILES string of the molecule is C=CC[C@@]1(C(=O)NCc2ccc(F)cc2F)N=C(c2ccc(OCCCO)cc2)O[C@@H]1c1ccc(-c2ccccc2)cc1. The van der Waals surface area contributed by atoms with Crippen molar-refractivity contribution in [1.29, 1.82) is 0 Å². The highest BCUT2D eigenvalue weighted by molar-refractivity contribution is 6.01. The highest BCUT2D eigenvalue weighted by atomic mass is 19.1. The summed E-state index contributed by atoms with van der Waals surface area (Å²) in [6.45, 7) is 4.14. The van der Waals surface area contributed by atoms with Gasteiger partial charge in [0.25, 0.3) is 5.91 Å². The molecule has 0 bridgehead atoms. The van der Waals surface area contributed by atoms with Gasteiger partial charge in [0.05, 0.1) is 6.61 Å². The highest BCUT2D eigenvalue weighted by Crippen LogP contribution is 2.43. The fraction of sp³-hybridized carbons (Fsp3) is 0.200. The molecular weight excluding hydrogens is 550 g/mol. The summed E-state index contributed by atoms with van der Waals surface area (Å²) < 4.78 is 39.9. The second-order valence-corrected chi connectivity index (χ2v) is 10.2. The third kappa shape index (κ3) is 6.65. The second kappa shape index (κ2) is 13.4. The van der Waals surface area contributed by atoms with Crippen LogP contribution in [-0.4, -0.2) is 35.7 Å². The minimum absolute atomic E-state index is 0.0394. The molecule has 43 heavy (non-hydrogen) atoms. The van der Waals surface area contributed by atoms with Gasteiger partial charge in [0.2, 0.25) is 5.90 Å². The molecule has 0 aromatic heterocycles. The lowest BCUT2D eigenvalue weighted by atomic mass is 9.84. The van der Waals surface area contributed by atoms with E-state index in [2.05, 4.69) is 11.9 Å². The van der Waals surface area contributed by atoms with Gasteiger partial charge in [-0.15, -0.1) is 6.58 Å². The molecule has 0 radical (unpaired) electrons. The summed E-state index contributed by atoms with van der Waals surface area (Å²) in [4.78, 5) is 18.8. The van der Waals surface area contributed by atoms with E-state index in [9.17, 15) is 13.6 Å². The summed E-state index contributed by atoms with van der Waals surface area (Å²) in [5, 5.41) is 11.8. The van der Waals surface area contributed by atoms with E-state index in [1.54, 1.807) is 30.3 Å². The second-order valence-electron chi connectivity index (χ2n) is 10.2. The maximum atomic E-state index is 14.4. The number of hydrogen-bond donors (Lipinski definition) is 2. The first-order valence-electron chi connectivity index (χ1n) is 14.0. The number of benzene rings is 4. The number of aliphatic hydroxyl groups is 1. The molecule has 1 aliphatic rings. The molecule has 4 aromatic rings. The Labute approximate surface area is 249 Å². The molecule has 2 atom stereocenters. The predicted octanol–water partition coefficient (Wildman–Crippen LogP) is 6.54. The molecule has 8 heteroatoms. The zero-order valence-electron chi connectivity index (χ0n) is 23.5. The smallest absolute Gasteiger partial charge is 0.252 e. The number of carbonyl (C=O) groups is 1. The maximum Gasteiger partial charge on any atom is 0.252 e. The fourth-order valence-corrected chi connectivity index (χ4v) is 5.01. The number of ether oxygens (including phenoxy) is 2. The van der Waals surface area contributed by atoms with Crippen LogP contribution in [0, 0.1) is 11.6 Å². The number of nitrogens with zero attached hydrogens (tertiary/aromatic N) is 1. The molecule has 6 nitrogen and oxygen atoms in total. The molecule has 0 saturated heterocycles. The highest BCUT2D eigenvalue weighted by Gasteiger charge is 2.52. The molecule has 220 valence electrons. The predicted molar refractivity (Wildman–Crippen MR) is 162 cm³/mol. The van der Waals surface area contributed by atoms with Crippen LogP contribution in [0.2, 0.25) is 0 Å². The van der Waals surface area contributed by atoms with Gasteiger partial charge in [0.15, 0.2) is 11.6 Å². The molecule has 0 saturated carbocycles. The van der Waals surface area contributed by atoms with Crippen LogP contribution >= 0.6 is 0 Å². The standard InChI is InChI=1S/C35H32F2N2O4/c1-2-19-35(34(41)38-23-28-13-16-29(36)22-31(28)37)32(26-11-9-25(10-12-26)24-7-4-3-5-8-24)43-33(39-35)27-14-17-30(18-15-27)42-21-6-20-40/h2-5,7-18,22,32,40H,1,6,19-21,23H2,(H,38,41)/t32-,35-/m1/s1. The van der Waals surface area contributed by atoms with Crippen molar-refractivity contribution in [1.82, 2.24) is 5.32 Å². The van der Waals surface area contributed by atoms with E-state index in [1.807, 2.05) is 54.6 Å².